The number of methoxy groups -OCH3 is 2. The number of rotatable bonds is 3. The van der Waals surface area contributed by atoms with E-state index < -0.39 is 29.1 Å². The molecule has 1 rings (SSSR count). The Bertz CT molecular complexity index is 556. The van der Waals surface area contributed by atoms with Crippen LogP contribution in [-0.2, 0) is 9.47 Å². The van der Waals surface area contributed by atoms with Gasteiger partial charge in [0.2, 0.25) is 0 Å². The highest BCUT2D eigenvalue weighted by atomic mass is 35.5. The van der Waals surface area contributed by atoms with Gasteiger partial charge in [-0.05, 0) is 23.7 Å². The quantitative estimate of drug-likeness (QED) is 0.480. The summed E-state index contributed by atoms with van der Waals surface area (Å²) in [6.07, 6.45) is -2.28. The molecule has 0 heterocycles. The molecular weight excluding hydrogens is 315 g/mol. The summed E-state index contributed by atoms with van der Waals surface area (Å²) < 4.78 is 18.0. The zero-order valence-electron chi connectivity index (χ0n) is 10.3. The fourth-order valence-electron chi connectivity index (χ4n) is 1.14. The molecule has 9 heteroatoms. The van der Waals surface area contributed by atoms with E-state index in [1.165, 1.54) is 12.1 Å². The highest BCUT2D eigenvalue weighted by Crippen LogP contribution is 2.39. The van der Waals surface area contributed by atoms with E-state index in [9.17, 15) is 14.4 Å². The average Bonchev–Trinajstić information content (AvgIpc) is 2.41. The number of hydrogen-bond acceptors (Lipinski definition) is 7. The highest BCUT2D eigenvalue weighted by Gasteiger charge is 2.24. The van der Waals surface area contributed by atoms with E-state index in [4.69, 9.17) is 32.7 Å². The van der Waals surface area contributed by atoms with Crippen LogP contribution in [0.2, 0.25) is 5.02 Å². The van der Waals surface area contributed by atoms with Crippen LogP contribution in [0.1, 0.15) is 10.4 Å². The topological polar surface area (TPSA) is 88.1 Å². The Morgan fingerprint density at radius 1 is 0.950 bits per heavy atom. The van der Waals surface area contributed by atoms with E-state index in [0.29, 0.717) is 0 Å². The van der Waals surface area contributed by atoms with Crippen molar-refractivity contribution < 1.29 is 33.3 Å². The SMILES string of the molecule is COC(=O)Oc1c(Cl)ccc(C(=O)Cl)c1OC(=O)OC. The van der Waals surface area contributed by atoms with Gasteiger partial charge < -0.3 is 18.9 Å². The van der Waals surface area contributed by atoms with Gasteiger partial charge >= 0.3 is 12.3 Å². The first-order valence-corrected chi connectivity index (χ1v) is 5.70. The van der Waals surface area contributed by atoms with Gasteiger partial charge in [-0.2, -0.15) is 0 Å². The second-order valence-corrected chi connectivity index (χ2v) is 3.89. The molecule has 108 valence electrons. The molecule has 0 unspecified atom stereocenters. The van der Waals surface area contributed by atoms with Crippen molar-refractivity contribution in [2.45, 2.75) is 0 Å². The fraction of sp³-hybridized carbons (Fsp3) is 0.182. The minimum absolute atomic E-state index is 0.101. The van der Waals surface area contributed by atoms with Crippen molar-refractivity contribution in [1.82, 2.24) is 0 Å². The largest absolute Gasteiger partial charge is 0.513 e. The predicted molar refractivity (Wildman–Crippen MR) is 67.7 cm³/mol. The lowest BCUT2D eigenvalue weighted by Gasteiger charge is -2.12. The Kier molecular flexibility index (Phi) is 5.60. The third-order valence-corrected chi connectivity index (χ3v) is 2.48. The molecule has 0 aromatic heterocycles. The Balaban J connectivity index is 3.36. The molecule has 0 aliphatic carbocycles. The lowest BCUT2D eigenvalue weighted by molar-refractivity contribution is 0.105. The minimum Gasteiger partial charge on any atom is -0.437 e. The van der Waals surface area contributed by atoms with Gasteiger partial charge in [0.1, 0.15) is 0 Å². The summed E-state index contributed by atoms with van der Waals surface area (Å²) in [5, 5.41) is -1.05. The van der Waals surface area contributed by atoms with Crippen LogP contribution in [0, 0.1) is 0 Å². The zero-order valence-corrected chi connectivity index (χ0v) is 11.8. The number of halogens is 2. The Morgan fingerprint density at radius 2 is 1.45 bits per heavy atom. The van der Waals surface area contributed by atoms with Crippen LogP contribution in [0.3, 0.4) is 0 Å². The summed E-state index contributed by atoms with van der Waals surface area (Å²) in [6.45, 7) is 0. The molecular formula is C11H8Cl2O7. The van der Waals surface area contributed by atoms with Gasteiger partial charge in [0, 0.05) is 0 Å². The van der Waals surface area contributed by atoms with E-state index in [2.05, 4.69) is 9.47 Å². The van der Waals surface area contributed by atoms with Crippen molar-refractivity contribution >= 4 is 40.8 Å². The summed E-state index contributed by atoms with van der Waals surface area (Å²) >= 11 is 11.2. The van der Waals surface area contributed by atoms with Crippen molar-refractivity contribution in [2.75, 3.05) is 14.2 Å². The van der Waals surface area contributed by atoms with Crippen molar-refractivity contribution in [3.05, 3.63) is 22.7 Å². The second-order valence-electron chi connectivity index (χ2n) is 3.14. The molecule has 20 heavy (non-hydrogen) atoms. The van der Waals surface area contributed by atoms with E-state index in [1.807, 2.05) is 0 Å². The summed E-state index contributed by atoms with van der Waals surface area (Å²) in [6, 6.07) is 2.43. The van der Waals surface area contributed by atoms with Gasteiger partial charge in [-0.15, -0.1) is 0 Å². The molecule has 0 bridgehead atoms. The molecule has 7 nitrogen and oxygen atoms in total. The van der Waals surface area contributed by atoms with Crippen molar-refractivity contribution in [3.63, 3.8) is 0 Å². The maximum Gasteiger partial charge on any atom is 0.513 e. The van der Waals surface area contributed by atoms with E-state index in [-0.39, 0.29) is 10.6 Å². The van der Waals surface area contributed by atoms with Crippen molar-refractivity contribution in [3.8, 4) is 11.5 Å². The lowest BCUT2D eigenvalue weighted by atomic mass is 10.2. The van der Waals surface area contributed by atoms with Gasteiger partial charge in [-0.3, -0.25) is 4.79 Å². The summed E-state index contributed by atoms with van der Waals surface area (Å²) in [5.74, 6) is -0.842. The molecule has 0 N–H and O–H groups in total. The Morgan fingerprint density at radius 3 is 1.90 bits per heavy atom. The lowest BCUT2D eigenvalue weighted by Crippen LogP contribution is -2.14. The molecule has 0 amide bonds. The van der Waals surface area contributed by atoms with Crippen LogP contribution in [0.4, 0.5) is 9.59 Å². The first kappa shape index (κ1) is 16.1. The molecule has 0 radical (unpaired) electrons. The molecule has 0 fully saturated rings. The molecule has 0 saturated heterocycles. The molecule has 0 spiro atoms. The Labute approximate surface area is 123 Å². The van der Waals surface area contributed by atoms with Crippen molar-refractivity contribution in [2.24, 2.45) is 0 Å². The van der Waals surface area contributed by atoms with Crippen LogP contribution in [0.25, 0.3) is 0 Å². The summed E-state index contributed by atoms with van der Waals surface area (Å²) in [7, 11) is 2.11. The number of carbonyl (C=O) groups is 3. The maximum absolute atomic E-state index is 11.3. The minimum atomic E-state index is -1.15. The molecule has 1 aromatic carbocycles. The predicted octanol–water partition coefficient (Wildman–Crippen LogP) is 3.01. The van der Waals surface area contributed by atoms with Gasteiger partial charge in [0.05, 0.1) is 24.8 Å². The van der Waals surface area contributed by atoms with Gasteiger partial charge in [-0.25, -0.2) is 9.59 Å². The monoisotopic (exact) mass is 322 g/mol. The van der Waals surface area contributed by atoms with Crippen LogP contribution in [-0.4, -0.2) is 31.8 Å². The number of benzene rings is 1. The van der Waals surface area contributed by atoms with E-state index in [0.717, 1.165) is 14.2 Å². The van der Waals surface area contributed by atoms with E-state index in [1.54, 1.807) is 0 Å². The number of carbonyl (C=O) groups excluding carboxylic acids is 3. The average molecular weight is 323 g/mol. The van der Waals surface area contributed by atoms with Gasteiger partial charge in [0.15, 0.2) is 11.5 Å². The Hall–Kier alpha value is -1.99. The second kappa shape index (κ2) is 6.97. The molecule has 0 atom stereocenters. The number of hydrogen-bond donors (Lipinski definition) is 0. The first-order chi connectivity index (χ1) is 9.40. The third kappa shape index (κ3) is 3.75. The van der Waals surface area contributed by atoms with Crippen LogP contribution >= 0.6 is 23.2 Å². The van der Waals surface area contributed by atoms with Crippen molar-refractivity contribution in [1.29, 1.82) is 0 Å². The van der Waals surface area contributed by atoms with E-state index >= 15 is 0 Å². The van der Waals surface area contributed by atoms with Crippen LogP contribution in [0.15, 0.2) is 12.1 Å². The van der Waals surface area contributed by atoms with Crippen LogP contribution in [0.5, 0.6) is 11.5 Å². The first-order valence-electron chi connectivity index (χ1n) is 4.94. The highest BCUT2D eigenvalue weighted by molar-refractivity contribution is 6.68. The molecule has 0 aliphatic heterocycles. The third-order valence-electron chi connectivity index (χ3n) is 1.98. The van der Waals surface area contributed by atoms with Gasteiger partial charge in [-0.1, -0.05) is 11.6 Å². The molecule has 0 aliphatic rings. The summed E-state index contributed by atoms with van der Waals surface area (Å²) in [4.78, 5) is 33.6. The number of ether oxygens (including phenoxy) is 4. The smallest absolute Gasteiger partial charge is 0.437 e. The molecule has 1 aromatic rings. The maximum atomic E-state index is 11.3. The standard InChI is InChI=1S/C11H8Cl2O7/c1-17-10(15)19-7-5(9(13)14)3-4-6(12)8(7)20-11(16)18-2/h3-4H,1-2H3. The molecule has 0 saturated carbocycles. The van der Waals surface area contributed by atoms with Gasteiger partial charge in [0.25, 0.3) is 5.24 Å². The van der Waals surface area contributed by atoms with Crippen LogP contribution < -0.4 is 9.47 Å². The normalized spacial score (nSPS) is 9.60. The summed E-state index contributed by atoms with van der Waals surface area (Å²) in [5.41, 5.74) is -0.236. The fourth-order valence-corrected chi connectivity index (χ4v) is 1.48. The zero-order chi connectivity index (χ0) is 15.3.